The van der Waals surface area contributed by atoms with Gasteiger partial charge in [0.2, 0.25) is 0 Å². The molecule has 0 aliphatic rings. The second-order valence-corrected chi connectivity index (χ2v) is 5.73. The maximum absolute atomic E-state index is 13.4. The Kier molecular flexibility index (Phi) is 4.55. The van der Waals surface area contributed by atoms with Gasteiger partial charge in [-0.2, -0.15) is 0 Å². The van der Waals surface area contributed by atoms with Gasteiger partial charge in [0.1, 0.15) is 11.6 Å². The Morgan fingerprint density at radius 3 is 2.61 bits per heavy atom. The van der Waals surface area contributed by atoms with Gasteiger partial charge in [-0.3, -0.25) is 0 Å². The first-order valence-electron chi connectivity index (χ1n) is 5.19. The van der Waals surface area contributed by atoms with Crippen LogP contribution in [0.25, 0.3) is 0 Å². The minimum Gasteiger partial charge on any atom is -0.381 e. The van der Waals surface area contributed by atoms with Crippen molar-refractivity contribution >= 4 is 44.2 Å². The summed E-state index contributed by atoms with van der Waals surface area (Å²) in [6, 6.07) is 9.17. The van der Waals surface area contributed by atoms with E-state index in [-0.39, 0.29) is 6.54 Å². The Morgan fingerprint density at radius 2 is 1.89 bits per heavy atom. The number of hydrogen-bond acceptors (Lipinski definition) is 1. The monoisotopic (exact) mass is 423 g/mol. The Labute approximate surface area is 126 Å². The van der Waals surface area contributed by atoms with Crippen molar-refractivity contribution in [2.75, 3.05) is 5.32 Å². The lowest BCUT2D eigenvalue weighted by atomic mass is 10.2. The minimum absolute atomic E-state index is 0.251. The zero-order valence-electron chi connectivity index (χ0n) is 9.18. The van der Waals surface area contributed by atoms with Gasteiger partial charge in [0.15, 0.2) is 0 Å². The molecular weight excluding hydrogens is 415 g/mol. The van der Waals surface area contributed by atoms with Crippen LogP contribution in [0, 0.1) is 15.2 Å². The van der Waals surface area contributed by atoms with Crippen molar-refractivity contribution in [1.29, 1.82) is 0 Å². The van der Waals surface area contributed by atoms with Crippen LogP contribution in [-0.2, 0) is 6.54 Å². The summed E-state index contributed by atoms with van der Waals surface area (Å²) in [5.74, 6) is -0.839. The van der Waals surface area contributed by atoms with Crippen molar-refractivity contribution in [2.45, 2.75) is 6.54 Å². The Hall–Kier alpha value is -0.690. The van der Waals surface area contributed by atoms with Crippen LogP contribution in [0.5, 0.6) is 0 Å². The molecule has 0 amide bonds. The first kappa shape index (κ1) is 13.7. The van der Waals surface area contributed by atoms with Crippen molar-refractivity contribution in [3.63, 3.8) is 0 Å². The number of nitrogens with one attached hydrogen (secondary N) is 1. The average Bonchev–Trinajstić information content (AvgIpc) is 2.34. The van der Waals surface area contributed by atoms with Gasteiger partial charge in [-0.1, -0.05) is 0 Å². The number of hydrogen-bond donors (Lipinski definition) is 1. The van der Waals surface area contributed by atoms with E-state index in [9.17, 15) is 8.78 Å². The fourth-order valence-corrected chi connectivity index (χ4v) is 2.24. The van der Waals surface area contributed by atoms with E-state index >= 15 is 0 Å². The van der Waals surface area contributed by atoms with Crippen molar-refractivity contribution in [3.05, 3.63) is 61.6 Å². The molecule has 0 saturated carbocycles. The van der Waals surface area contributed by atoms with E-state index in [1.807, 2.05) is 18.2 Å². The lowest BCUT2D eigenvalue weighted by Crippen LogP contribution is -2.02. The van der Waals surface area contributed by atoms with Gasteiger partial charge in [0, 0.05) is 25.8 Å². The van der Waals surface area contributed by atoms with Gasteiger partial charge < -0.3 is 5.32 Å². The second-order valence-electron chi connectivity index (χ2n) is 3.72. The molecular formula is C13H9BrF2IN. The molecule has 2 aromatic rings. The summed E-state index contributed by atoms with van der Waals surface area (Å²) in [5.41, 5.74) is 1.18. The van der Waals surface area contributed by atoms with E-state index in [4.69, 9.17) is 0 Å². The van der Waals surface area contributed by atoms with Crippen LogP contribution in [-0.4, -0.2) is 0 Å². The molecule has 2 aromatic carbocycles. The summed E-state index contributed by atoms with van der Waals surface area (Å²) in [5, 5.41) is 3.06. The van der Waals surface area contributed by atoms with Gasteiger partial charge in [-0.05, 0) is 74.9 Å². The molecule has 18 heavy (non-hydrogen) atoms. The molecule has 1 N–H and O–H groups in total. The average molecular weight is 424 g/mol. The first-order chi connectivity index (χ1) is 8.56. The van der Waals surface area contributed by atoms with Gasteiger partial charge in [-0.25, -0.2) is 8.78 Å². The van der Waals surface area contributed by atoms with Crippen LogP contribution in [0.15, 0.2) is 40.9 Å². The van der Waals surface area contributed by atoms with Crippen molar-refractivity contribution in [1.82, 2.24) is 0 Å². The largest absolute Gasteiger partial charge is 0.381 e. The number of halogens is 4. The molecule has 0 bridgehead atoms. The molecule has 0 atom stereocenters. The number of benzene rings is 2. The van der Waals surface area contributed by atoms with E-state index < -0.39 is 11.6 Å². The van der Waals surface area contributed by atoms with Crippen LogP contribution < -0.4 is 5.32 Å². The molecule has 5 heteroatoms. The standard InChI is InChI=1S/C13H9BrF2IN/c14-11-3-2-10(6-13(11)17)18-7-8-5-9(15)1-4-12(8)16/h1-6,18H,7H2. The lowest BCUT2D eigenvalue weighted by molar-refractivity contribution is 0.587. The summed E-state index contributed by atoms with van der Waals surface area (Å²) < 4.78 is 28.4. The molecule has 0 saturated heterocycles. The predicted octanol–water partition coefficient (Wildman–Crippen LogP) is 4.94. The highest BCUT2D eigenvalue weighted by molar-refractivity contribution is 14.1. The number of anilines is 1. The molecule has 0 fully saturated rings. The van der Waals surface area contributed by atoms with E-state index in [1.54, 1.807) is 0 Å². The summed E-state index contributed by atoms with van der Waals surface area (Å²) in [7, 11) is 0. The quantitative estimate of drug-likeness (QED) is 0.689. The zero-order chi connectivity index (χ0) is 13.1. The highest BCUT2D eigenvalue weighted by atomic mass is 127. The third-order valence-corrected chi connectivity index (χ3v) is 4.74. The molecule has 0 spiro atoms. The van der Waals surface area contributed by atoms with Crippen LogP contribution in [0.2, 0.25) is 0 Å². The topological polar surface area (TPSA) is 12.0 Å². The van der Waals surface area contributed by atoms with Crippen LogP contribution >= 0.6 is 38.5 Å². The smallest absolute Gasteiger partial charge is 0.128 e. The molecule has 2 rings (SSSR count). The third-order valence-electron chi connectivity index (χ3n) is 2.41. The predicted molar refractivity (Wildman–Crippen MR) is 80.5 cm³/mol. The van der Waals surface area contributed by atoms with E-state index in [2.05, 4.69) is 43.8 Å². The Balaban J connectivity index is 2.11. The lowest BCUT2D eigenvalue weighted by Gasteiger charge is -2.08. The molecule has 0 aromatic heterocycles. The molecule has 0 unspecified atom stereocenters. The van der Waals surface area contributed by atoms with E-state index in [1.165, 1.54) is 6.07 Å². The molecule has 0 radical (unpaired) electrons. The first-order valence-corrected chi connectivity index (χ1v) is 7.06. The van der Waals surface area contributed by atoms with E-state index in [0.717, 1.165) is 25.9 Å². The van der Waals surface area contributed by atoms with Gasteiger partial charge >= 0.3 is 0 Å². The molecule has 0 aliphatic carbocycles. The van der Waals surface area contributed by atoms with E-state index in [0.29, 0.717) is 5.56 Å². The fraction of sp³-hybridized carbons (Fsp3) is 0.0769. The van der Waals surface area contributed by atoms with Crippen LogP contribution in [0.1, 0.15) is 5.56 Å². The van der Waals surface area contributed by atoms with Gasteiger partial charge in [0.05, 0.1) is 0 Å². The van der Waals surface area contributed by atoms with Crippen molar-refractivity contribution in [3.8, 4) is 0 Å². The minimum atomic E-state index is -0.432. The van der Waals surface area contributed by atoms with Crippen molar-refractivity contribution < 1.29 is 8.78 Å². The highest BCUT2D eigenvalue weighted by Crippen LogP contribution is 2.23. The van der Waals surface area contributed by atoms with Gasteiger partial charge in [0.25, 0.3) is 0 Å². The molecule has 1 nitrogen and oxygen atoms in total. The second kappa shape index (κ2) is 5.97. The summed E-state index contributed by atoms with van der Waals surface area (Å²) >= 11 is 5.60. The Bertz CT molecular complexity index is 575. The highest BCUT2D eigenvalue weighted by Gasteiger charge is 2.04. The normalized spacial score (nSPS) is 10.4. The molecule has 94 valence electrons. The number of rotatable bonds is 3. The summed E-state index contributed by atoms with van der Waals surface area (Å²) in [6.07, 6.45) is 0. The Morgan fingerprint density at radius 1 is 1.11 bits per heavy atom. The van der Waals surface area contributed by atoms with Crippen LogP contribution in [0.4, 0.5) is 14.5 Å². The summed E-state index contributed by atoms with van der Waals surface area (Å²) in [4.78, 5) is 0. The maximum Gasteiger partial charge on any atom is 0.128 e. The SMILES string of the molecule is Fc1ccc(F)c(CNc2ccc(Br)c(I)c2)c1. The van der Waals surface area contributed by atoms with Crippen molar-refractivity contribution in [2.24, 2.45) is 0 Å². The molecule has 0 aliphatic heterocycles. The summed E-state index contributed by atoms with van der Waals surface area (Å²) in [6.45, 7) is 0.251. The van der Waals surface area contributed by atoms with Gasteiger partial charge in [-0.15, -0.1) is 0 Å². The maximum atomic E-state index is 13.4. The molecule has 0 heterocycles. The third kappa shape index (κ3) is 3.41. The van der Waals surface area contributed by atoms with Crippen LogP contribution in [0.3, 0.4) is 0 Å². The zero-order valence-corrected chi connectivity index (χ0v) is 12.9. The fourth-order valence-electron chi connectivity index (χ4n) is 1.48.